The van der Waals surface area contributed by atoms with Gasteiger partial charge in [-0.3, -0.25) is 4.79 Å². The van der Waals surface area contributed by atoms with Crippen molar-refractivity contribution in [1.82, 2.24) is 0 Å². The zero-order valence-corrected chi connectivity index (χ0v) is 9.22. The Morgan fingerprint density at radius 1 is 1.22 bits per heavy atom. The second-order valence-corrected chi connectivity index (χ2v) is 3.92. The number of carbonyl (C=O) groups excluding carboxylic acids is 1. The Labute approximate surface area is 98.4 Å². The van der Waals surface area contributed by atoms with E-state index in [1.54, 1.807) is 0 Å². The highest BCUT2D eigenvalue weighted by molar-refractivity contribution is 5.66. The number of alkyl halides is 3. The number of hydrogen-bond donors (Lipinski definition) is 4. The number of hydrogen-bond acceptors (Lipinski definition) is 7. The van der Waals surface area contributed by atoms with Crippen LogP contribution in [0, 0.1) is 0 Å². The Bertz CT molecular complexity index is 370. The maximum Gasteiger partial charge on any atom is 0.342 e. The van der Waals surface area contributed by atoms with E-state index in [0.29, 0.717) is 6.92 Å². The van der Waals surface area contributed by atoms with E-state index in [-0.39, 0.29) is 6.92 Å². The molecule has 5 atom stereocenters. The molecule has 0 saturated carbocycles. The van der Waals surface area contributed by atoms with Crippen LogP contribution in [0.2, 0.25) is 0 Å². The van der Waals surface area contributed by atoms with Gasteiger partial charge in [0.15, 0.2) is 0 Å². The predicted molar refractivity (Wildman–Crippen MR) is 45.4 cm³/mol. The highest BCUT2D eigenvalue weighted by Crippen LogP contribution is 2.51. The molecule has 1 heterocycles. The molecule has 106 valence electrons. The number of esters is 1. The van der Waals surface area contributed by atoms with Crippen molar-refractivity contribution in [1.29, 1.82) is 0 Å². The molecular formula is C8H11F3O7. The van der Waals surface area contributed by atoms with Gasteiger partial charge in [0.2, 0.25) is 6.29 Å². The molecule has 0 bridgehead atoms. The Balaban J connectivity index is 3.34. The molecule has 0 aromatic heterocycles. The summed E-state index contributed by atoms with van der Waals surface area (Å²) >= 11 is 0. The topological polar surface area (TPSA) is 116 Å². The molecule has 0 spiro atoms. The van der Waals surface area contributed by atoms with Crippen LogP contribution in [0.15, 0.2) is 0 Å². The van der Waals surface area contributed by atoms with Crippen LogP contribution in [0.25, 0.3) is 0 Å². The third-order valence-electron chi connectivity index (χ3n) is 2.47. The van der Waals surface area contributed by atoms with Gasteiger partial charge in [-0.15, -0.1) is 0 Å². The summed E-state index contributed by atoms with van der Waals surface area (Å²) in [6.45, 7) is 0.759. The first-order valence-corrected chi connectivity index (χ1v) is 4.59. The molecule has 1 fully saturated rings. The number of rotatable bonds is 1. The van der Waals surface area contributed by atoms with Crippen molar-refractivity contribution in [2.45, 2.75) is 43.5 Å². The van der Waals surface area contributed by atoms with Crippen LogP contribution in [0.1, 0.15) is 13.8 Å². The smallest absolute Gasteiger partial charge is 0.342 e. The molecule has 1 unspecified atom stereocenters. The maximum absolute atomic E-state index is 13.7. The van der Waals surface area contributed by atoms with Crippen LogP contribution in [-0.4, -0.2) is 56.0 Å². The summed E-state index contributed by atoms with van der Waals surface area (Å²) in [6, 6.07) is 0. The van der Waals surface area contributed by atoms with E-state index in [2.05, 4.69) is 9.47 Å². The third kappa shape index (κ3) is 1.68. The normalized spacial score (nSPS) is 53.1. The monoisotopic (exact) mass is 276 g/mol. The molecule has 1 aliphatic heterocycles. The molecular weight excluding hydrogens is 265 g/mol. The quantitative estimate of drug-likeness (QED) is 0.343. The SMILES string of the molecule is CC(=O)O[C@@]1(O)C(O)O[C@@](C)(F)[C@@](O)(F)[C@]1(O)F. The maximum atomic E-state index is 13.7. The highest BCUT2D eigenvalue weighted by Gasteiger charge is 2.82. The summed E-state index contributed by atoms with van der Waals surface area (Å²) in [4.78, 5) is 10.6. The highest BCUT2D eigenvalue weighted by atomic mass is 19.2. The van der Waals surface area contributed by atoms with Crippen LogP contribution in [0.4, 0.5) is 13.2 Å². The van der Waals surface area contributed by atoms with Gasteiger partial charge in [0.25, 0.3) is 5.85 Å². The van der Waals surface area contributed by atoms with E-state index < -0.39 is 35.6 Å². The van der Waals surface area contributed by atoms with Gasteiger partial charge < -0.3 is 29.9 Å². The third-order valence-corrected chi connectivity index (χ3v) is 2.47. The van der Waals surface area contributed by atoms with Crippen molar-refractivity contribution in [3.05, 3.63) is 0 Å². The van der Waals surface area contributed by atoms with E-state index in [1.165, 1.54) is 0 Å². The van der Waals surface area contributed by atoms with Crippen molar-refractivity contribution in [3.63, 3.8) is 0 Å². The molecule has 4 N–H and O–H groups in total. The van der Waals surface area contributed by atoms with Crippen LogP contribution in [0.5, 0.6) is 0 Å². The molecule has 0 aromatic carbocycles. The first-order valence-electron chi connectivity index (χ1n) is 4.59. The summed E-state index contributed by atoms with van der Waals surface area (Å²) in [6.07, 6.45) is -2.98. The van der Waals surface area contributed by atoms with Crippen LogP contribution < -0.4 is 0 Å². The average Bonchev–Trinajstić information content (AvgIpc) is 2.13. The van der Waals surface area contributed by atoms with Gasteiger partial charge in [-0.25, -0.2) is 4.39 Å². The Morgan fingerprint density at radius 2 is 1.67 bits per heavy atom. The lowest BCUT2D eigenvalue weighted by Crippen LogP contribution is -2.80. The van der Waals surface area contributed by atoms with E-state index in [1.807, 2.05) is 0 Å². The number of halogens is 3. The largest absolute Gasteiger partial charge is 0.421 e. The first kappa shape index (κ1) is 15.1. The number of aliphatic hydroxyl groups excluding tert-OH is 1. The standard InChI is InChI=1S/C8H11F3O7/c1-3(12)17-6(14)4(13)18-5(2,9)7(10,15)8(6,11)16/h4,13-16H,1-2H3/t4?,5-,6+,7+,8+/m1/s1. The minimum absolute atomic E-state index is 0.147. The van der Waals surface area contributed by atoms with Gasteiger partial charge in [0.05, 0.1) is 0 Å². The van der Waals surface area contributed by atoms with Crippen molar-refractivity contribution in [2.75, 3.05) is 0 Å². The summed E-state index contributed by atoms with van der Waals surface area (Å²) in [5.41, 5.74) is 0. The van der Waals surface area contributed by atoms with Gasteiger partial charge in [-0.1, -0.05) is 0 Å². The minimum atomic E-state index is -4.88. The molecule has 0 amide bonds. The number of carbonyl (C=O) groups is 1. The molecule has 7 nitrogen and oxygen atoms in total. The Kier molecular flexibility index (Phi) is 3.17. The molecule has 1 saturated heterocycles. The van der Waals surface area contributed by atoms with Crippen LogP contribution >= 0.6 is 0 Å². The van der Waals surface area contributed by atoms with Crippen molar-refractivity contribution in [2.24, 2.45) is 0 Å². The molecule has 1 rings (SSSR count). The molecule has 1 aliphatic rings. The fourth-order valence-corrected chi connectivity index (χ4v) is 1.40. The van der Waals surface area contributed by atoms with E-state index >= 15 is 0 Å². The predicted octanol–water partition coefficient (Wildman–Crippen LogP) is -1.41. The van der Waals surface area contributed by atoms with E-state index in [0.717, 1.165) is 0 Å². The Morgan fingerprint density at radius 3 is 2.06 bits per heavy atom. The lowest BCUT2D eigenvalue weighted by atomic mass is 9.90. The van der Waals surface area contributed by atoms with Crippen LogP contribution in [-0.2, 0) is 14.3 Å². The van der Waals surface area contributed by atoms with Gasteiger partial charge in [-0.2, -0.15) is 8.78 Å². The number of ether oxygens (including phenoxy) is 2. The van der Waals surface area contributed by atoms with E-state index in [4.69, 9.17) is 15.3 Å². The minimum Gasteiger partial charge on any atom is -0.421 e. The molecule has 0 aromatic rings. The molecule has 10 heteroatoms. The second kappa shape index (κ2) is 3.78. The summed E-state index contributed by atoms with van der Waals surface area (Å²) in [5.74, 6) is -19.1. The molecule has 0 aliphatic carbocycles. The summed E-state index contributed by atoms with van der Waals surface area (Å²) < 4.78 is 48.2. The van der Waals surface area contributed by atoms with E-state index in [9.17, 15) is 23.1 Å². The average molecular weight is 276 g/mol. The molecule has 18 heavy (non-hydrogen) atoms. The van der Waals surface area contributed by atoms with Gasteiger partial charge in [0, 0.05) is 13.8 Å². The zero-order chi connectivity index (χ0) is 14.6. The zero-order valence-electron chi connectivity index (χ0n) is 9.22. The fraction of sp³-hybridized carbons (Fsp3) is 0.875. The Hall–Kier alpha value is -0.940. The second-order valence-electron chi connectivity index (χ2n) is 3.92. The first-order chi connectivity index (χ1) is 7.79. The molecule has 0 radical (unpaired) electrons. The van der Waals surface area contributed by atoms with Gasteiger partial charge in [-0.05, 0) is 0 Å². The van der Waals surface area contributed by atoms with Crippen molar-refractivity contribution >= 4 is 5.97 Å². The van der Waals surface area contributed by atoms with Gasteiger partial charge >= 0.3 is 23.5 Å². The fourth-order valence-electron chi connectivity index (χ4n) is 1.40. The lowest BCUT2D eigenvalue weighted by Gasteiger charge is -2.51. The number of aliphatic hydroxyl groups is 4. The van der Waals surface area contributed by atoms with Gasteiger partial charge in [0.1, 0.15) is 0 Å². The van der Waals surface area contributed by atoms with Crippen LogP contribution in [0.3, 0.4) is 0 Å². The lowest BCUT2D eigenvalue weighted by molar-refractivity contribution is -0.537. The summed E-state index contributed by atoms with van der Waals surface area (Å²) in [7, 11) is 0. The van der Waals surface area contributed by atoms with Crippen molar-refractivity contribution < 1.29 is 47.9 Å². The summed E-state index contributed by atoms with van der Waals surface area (Å²) in [5, 5.41) is 36.5. The van der Waals surface area contributed by atoms with Crippen molar-refractivity contribution in [3.8, 4) is 0 Å².